The third-order valence-corrected chi connectivity index (χ3v) is 5.11. The van der Waals surface area contributed by atoms with Gasteiger partial charge in [0.1, 0.15) is 5.82 Å². The number of carbonyl (C=O) groups excluding carboxylic acids is 1. The number of fused-ring (bicyclic) bond motifs is 1. The van der Waals surface area contributed by atoms with Crippen LogP contribution in [-0.4, -0.2) is 22.0 Å². The zero-order valence-electron chi connectivity index (χ0n) is 17.7. The summed E-state index contributed by atoms with van der Waals surface area (Å²) in [4.78, 5) is 16.9. The van der Waals surface area contributed by atoms with E-state index in [4.69, 9.17) is 4.98 Å². The summed E-state index contributed by atoms with van der Waals surface area (Å²) in [5, 5.41) is 3.04. The maximum atomic E-state index is 12.1. The molecule has 0 radical (unpaired) electrons. The van der Waals surface area contributed by atoms with Crippen LogP contribution in [0.25, 0.3) is 11.0 Å². The number of para-hydroxylation sites is 2. The molecular formula is C24H31N3O. The third-order valence-electron chi connectivity index (χ3n) is 5.11. The lowest BCUT2D eigenvalue weighted by molar-refractivity contribution is -0.128. The summed E-state index contributed by atoms with van der Waals surface area (Å²) >= 11 is 0. The molecule has 2 aromatic carbocycles. The van der Waals surface area contributed by atoms with E-state index in [1.54, 1.807) is 0 Å². The average Bonchev–Trinajstić information content (AvgIpc) is 2.98. The molecule has 0 aliphatic carbocycles. The summed E-state index contributed by atoms with van der Waals surface area (Å²) in [5.41, 5.74) is 5.74. The zero-order chi connectivity index (χ0) is 20.3. The monoisotopic (exact) mass is 377 g/mol. The van der Waals surface area contributed by atoms with Gasteiger partial charge in [0.05, 0.1) is 11.0 Å². The highest BCUT2D eigenvalue weighted by Crippen LogP contribution is 2.21. The molecule has 0 saturated heterocycles. The Hall–Kier alpha value is -2.62. The van der Waals surface area contributed by atoms with Crippen molar-refractivity contribution in [1.82, 2.24) is 14.9 Å². The quantitative estimate of drug-likeness (QED) is 0.628. The lowest BCUT2D eigenvalue weighted by Gasteiger charge is -2.17. The molecule has 0 bridgehead atoms. The van der Waals surface area contributed by atoms with E-state index in [1.807, 2.05) is 26.8 Å². The first-order chi connectivity index (χ1) is 13.3. The van der Waals surface area contributed by atoms with Crippen LogP contribution in [0.15, 0.2) is 42.5 Å². The van der Waals surface area contributed by atoms with Crippen molar-refractivity contribution in [3.05, 3.63) is 65.0 Å². The van der Waals surface area contributed by atoms with Gasteiger partial charge in [0.15, 0.2) is 0 Å². The molecule has 0 atom stereocenters. The van der Waals surface area contributed by atoms with Crippen molar-refractivity contribution in [2.24, 2.45) is 5.41 Å². The largest absolute Gasteiger partial charge is 0.356 e. The fourth-order valence-corrected chi connectivity index (χ4v) is 3.35. The van der Waals surface area contributed by atoms with E-state index < -0.39 is 0 Å². The van der Waals surface area contributed by atoms with Crippen LogP contribution in [0.3, 0.4) is 0 Å². The van der Waals surface area contributed by atoms with E-state index in [-0.39, 0.29) is 11.3 Å². The molecule has 1 N–H and O–H groups in total. The Morgan fingerprint density at radius 3 is 2.61 bits per heavy atom. The molecule has 3 aromatic rings. The van der Waals surface area contributed by atoms with Crippen LogP contribution in [0.1, 0.15) is 49.7 Å². The number of hydrogen-bond acceptors (Lipinski definition) is 2. The molecule has 3 rings (SSSR count). The number of rotatable bonds is 6. The minimum absolute atomic E-state index is 0.0939. The molecule has 0 fully saturated rings. The van der Waals surface area contributed by atoms with Gasteiger partial charge in [-0.15, -0.1) is 0 Å². The Balaban J connectivity index is 1.79. The maximum Gasteiger partial charge on any atom is 0.225 e. The highest BCUT2D eigenvalue weighted by atomic mass is 16.2. The van der Waals surface area contributed by atoms with Gasteiger partial charge in [0.25, 0.3) is 0 Å². The van der Waals surface area contributed by atoms with Gasteiger partial charge in [-0.05, 0) is 43.5 Å². The van der Waals surface area contributed by atoms with Gasteiger partial charge in [0.2, 0.25) is 5.91 Å². The summed E-state index contributed by atoms with van der Waals surface area (Å²) in [5.74, 6) is 1.17. The van der Waals surface area contributed by atoms with Crippen LogP contribution < -0.4 is 5.32 Å². The van der Waals surface area contributed by atoms with E-state index in [9.17, 15) is 4.79 Å². The molecule has 1 heterocycles. The summed E-state index contributed by atoms with van der Waals surface area (Å²) in [6.45, 7) is 11.6. The molecule has 1 amide bonds. The first kappa shape index (κ1) is 20.1. The van der Waals surface area contributed by atoms with Gasteiger partial charge < -0.3 is 9.88 Å². The van der Waals surface area contributed by atoms with Crippen LogP contribution in [-0.2, 0) is 17.8 Å². The predicted octanol–water partition coefficient (Wildman–Crippen LogP) is 4.80. The standard InChI is InChI=1S/C24H31N3O/c1-17-12-13-18(2)19(15-17)16-27-21-10-7-6-9-20(21)26-22(27)11-8-14-25-23(28)24(3,4)5/h6-7,9-10,12-13,15H,8,11,14,16H2,1-5H3,(H,25,28). The van der Waals surface area contributed by atoms with Crippen molar-refractivity contribution in [3.8, 4) is 0 Å². The van der Waals surface area contributed by atoms with Crippen molar-refractivity contribution >= 4 is 16.9 Å². The normalized spacial score (nSPS) is 11.8. The lowest BCUT2D eigenvalue weighted by Crippen LogP contribution is -2.35. The predicted molar refractivity (Wildman–Crippen MR) is 116 cm³/mol. The summed E-state index contributed by atoms with van der Waals surface area (Å²) in [6.07, 6.45) is 1.71. The Morgan fingerprint density at radius 1 is 1.11 bits per heavy atom. The van der Waals surface area contributed by atoms with Gasteiger partial charge >= 0.3 is 0 Å². The van der Waals surface area contributed by atoms with Crippen molar-refractivity contribution in [1.29, 1.82) is 0 Å². The first-order valence-electron chi connectivity index (χ1n) is 10.0. The highest BCUT2D eigenvalue weighted by molar-refractivity contribution is 5.81. The topological polar surface area (TPSA) is 46.9 Å². The van der Waals surface area contributed by atoms with Gasteiger partial charge in [-0.3, -0.25) is 4.79 Å². The number of aryl methyl sites for hydroxylation is 3. The number of amides is 1. The van der Waals surface area contributed by atoms with Crippen LogP contribution in [0.2, 0.25) is 0 Å². The minimum Gasteiger partial charge on any atom is -0.356 e. The molecule has 4 heteroatoms. The van der Waals surface area contributed by atoms with Gasteiger partial charge in [-0.1, -0.05) is 56.7 Å². The number of imidazole rings is 1. The molecule has 0 spiro atoms. The van der Waals surface area contributed by atoms with Crippen LogP contribution in [0, 0.1) is 19.3 Å². The lowest BCUT2D eigenvalue weighted by atomic mass is 9.96. The second-order valence-electron chi connectivity index (χ2n) is 8.64. The first-order valence-corrected chi connectivity index (χ1v) is 10.0. The average molecular weight is 378 g/mol. The molecule has 1 aromatic heterocycles. The van der Waals surface area contributed by atoms with E-state index in [2.05, 4.69) is 60.1 Å². The Morgan fingerprint density at radius 2 is 1.86 bits per heavy atom. The van der Waals surface area contributed by atoms with E-state index in [0.717, 1.165) is 36.2 Å². The van der Waals surface area contributed by atoms with Crippen molar-refractivity contribution in [2.75, 3.05) is 6.54 Å². The second-order valence-corrected chi connectivity index (χ2v) is 8.64. The molecule has 0 aliphatic rings. The third kappa shape index (κ3) is 4.61. The Kier molecular flexibility index (Phi) is 5.87. The van der Waals surface area contributed by atoms with E-state index in [1.165, 1.54) is 16.7 Å². The summed E-state index contributed by atoms with van der Waals surface area (Å²) in [6, 6.07) is 14.9. The number of aromatic nitrogens is 2. The van der Waals surface area contributed by atoms with Crippen molar-refractivity contribution in [3.63, 3.8) is 0 Å². The van der Waals surface area contributed by atoms with Gasteiger partial charge in [-0.2, -0.15) is 0 Å². The molecule has 28 heavy (non-hydrogen) atoms. The van der Waals surface area contributed by atoms with Crippen LogP contribution in [0.4, 0.5) is 0 Å². The van der Waals surface area contributed by atoms with Crippen LogP contribution >= 0.6 is 0 Å². The van der Waals surface area contributed by atoms with Crippen molar-refractivity contribution < 1.29 is 4.79 Å². The highest BCUT2D eigenvalue weighted by Gasteiger charge is 2.20. The smallest absolute Gasteiger partial charge is 0.225 e. The number of benzene rings is 2. The number of carbonyl (C=O) groups is 1. The molecule has 0 aliphatic heterocycles. The Bertz CT molecular complexity index is 979. The fourth-order valence-electron chi connectivity index (χ4n) is 3.35. The Labute approximate surface area is 168 Å². The molecule has 0 unspecified atom stereocenters. The maximum absolute atomic E-state index is 12.1. The zero-order valence-corrected chi connectivity index (χ0v) is 17.7. The second kappa shape index (κ2) is 8.17. The molecule has 0 saturated carbocycles. The number of hydrogen-bond donors (Lipinski definition) is 1. The molecular weight excluding hydrogens is 346 g/mol. The summed E-state index contributed by atoms with van der Waals surface area (Å²) < 4.78 is 2.32. The molecule has 148 valence electrons. The number of nitrogens with one attached hydrogen (secondary N) is 1. The minimum atomic E-state index is -0.351. The van der Waals surface area contributed by atoms with E-state index >= 15 is 0 Å². The summed E-state index contributed by atoms with van der Waals surface area (Å²) in [7, 11) is 0. The molecule has 4 nitrogen and oxygen atoms in total. The van der Waals surface area contributed by atoms with Gasteiger partial charge in [-0.25, -0.2) is 4.98 Å². The SMILES string of the molecule is Cc1ccc(C)c(Cn2c(CCCNC(=O)C(C)(C)C)nc3ccccc32)c1. The van der Waals surface area contributed by atoms with Gasteiger partial charge in [0, 0.05) is 24.9 Å². The van der Waals surface area contributed by atoms with Crippen LogP contribution in [0.5, 0.6) is 0 Å². The number of nitrogens with zero attached hydrogens (tertiary/aromatic N) is 2. The van der Waals surface area contributed by atoms with E-state index in [0.29, 0.717) is 6.54 Å². The fraction of sp³-hybridized carbons (Fsp3) is 0.417. The van der Waals surface area contributed by atoms with Crippen molar-refractivity contribution in [2.45, 2.75) is 54.0 Å².